The van der Waals surface area contributed by atoms with Crippen molar-refractivity contribution in [3.8, 4) is 0 Å². The van der Waals surface area contributed by atoms with Gasteiger partial charge in [0.1, 0.15) is 5.78 Å². The lowest BCUT2D eigenvalue weighted by Gasteiger charge is -2.53. The molecule has 2 heterocycles. The second kappa shape index (κ2) is 2.82. The maximum Gasteiger partial charge on any atom is 0.136 e. The molecular formula is C12H19NO. The zero-order valence-electron chi connectivity index (χ0n) is 8.96. The van der Waals surface area contributed by atoms with Gasteiger partial charge in [0.2, 0.25) is 0 Å². The number of carbonyl (C=O) groups is 1. The Morgan fingerprint density at radius 2 is 1.79 bits per heavy atom. The molecule has 1 saturated carbocycles. The number of nitrogens with zero attached hydrogens (tertiary/aromatic N) is 1. The molecule has 78 valence electrons. The first-order valence-corrected chi connectivity index (χ1v) is 5.99. The highest BCUT2D eigenvalue weighted by Gasteiger charge is 2.50. The number of fused-ring (bicyclic) bond motifs is 2. The molecule has 0 amide bonds. The zero-order valence-corrected chi connectivity index (χ0v) is 8.96. The average molecular weight is 193 g/mol. The van der Waals surface area contributed by atoms with Crippen LogP contribution in [0.1, 0.15) is 51.9 Å². The molecule has 3 fully saturated rings. The Bertz CT molecular complexity index is 253. The van der Waals surface area contributed by atoms with Crippen LogP contribution >= 0.6 is 0 Å². The van der Waals surface area contributed by atoms with Gasteiger partial charge in [-0.1, -0.05) is 0 Å². The lowest BCUT2D eigenvalue weighted by molar-refractivity contribution is -0.127. The maximum absolute atomic E-state index is 11.5. The van der Waals surface area contributed by atoms with Crippen molar-refractivity contribution in [2.75, 3.05) is 0 Å². The van der Waals surface area contributed by atoms with E-state index in [9.17, 15) is 4.79 Å². The van der Waals surface area contributed by atoms with Crippen molar-refractivity contribution in [1.29, 1.82) is 0 Å². The van der Waals surface area contributed by atoms with Crippen LogP contribution in [0, 0.1) is 0 Å². The fourth-order valence-corrected chi connectivity index (χ4v) is 3.80. The van der Waals surface area contributed by atoms with Gasteiger partial charge in [-0.3, -0.25) is 9.69 Å². The number of ketones is 1. The molecule has 2 heteroatoms. The van der Waals surface area contributed by atoms with Crippen molar-refractivity contribution >= 4 is 5.78 Å². The van der Waals surface area contributed by atoms with Crippen LogP contribution in [-0.2, 0) is 4.79 Å². The van der Waals surface area contributed by atoms with E-state index in [2.05, 4.69) is 11.8 Å². The molecule has 0 aromatic carbocycles. The van der Waals surface area contributed by atoms with Crippen LogP contribution in [0.5, 0.6) is 0 Å². The third-order valence-corrected chi connectivity index (χ3v) is 4.60. The SMILES string of the molecule is CC1(N2C3CCC2CC(=O)C3)CCC1. The highest BCUT2D eigenvalue weighted by molar-refractivity contribution is 5.81. The van der Waals surface area contributed by atoms with E-state index < -0.39 is 0 Å². The molecule has 0 spiro atoms. The minimum Gasteiger partial charge on any atom is -0.300 e. The molecule has 2 nitrogen and oxygen atoms in total. The largest absolute Gasteiger partial charge is 0.300 e. The van der Waals surface area contributed by atoms with Crippen LogP contribution in [0.15, 0.2) is 0 Å². The summed E-state index contributed by atoms with van der Waals surface area (Å²) in [4.78, 5) is 14.2. The number of rotatable bonds is 1. The van der Waals surface area contributed by atoms with E-state index in [1.165, 1.54) is 32.1 Å². The quantitative estimate of drug-likeness (QED) is 0.636. The smallest absolute Gasteiger partial charge is 0.136 e. The number of piperidine rings is 1. The van der Waals surface area contributed by atoms with Gasteiger partial charge in [0, 0.05) is 30.5 Å². The molecule has 1 aliphatic carbocycles. The lowest BCUT2D eigenvalue weighted by Crippen LogP contribution is -2.59. The number of Topliss-reactive ketones (excluding diaryl/α,β-unsaturated/α-hetero) is 1. The molecule has 2 aliphatic heterocycles. The summed E-state index contributed by atoms with van der Waals surface area (Å²) in [5.41, 5.74) is 0.465. The third kappa shape index (κ3) is 1.10. The van der Waals surface area contributed by atoms with Crippen molar-refractivity contribution < 1.29 is 4.79 Å². The first kappa shape index (κ1) is 8.90. The van der Waals surface area contributed by atoms with Crippen molar-refractivity contribution in [2.45, 2.75) is 69.5 Å². The minimum absolute atomic E-state index is 0.465. The van der Waals surface area contributed by atoms with E-state index in [1.54, 1.807) is 0 Å². The number of hydrogen-bond acceptors (Lipinski definition) is 2. The Morgan fingerprint density at radius 3 is 2.21 bits per heavy atom. The Labute approximate surface area is 85.7 Å². The van der Waals surface area contributed by atoms with Crippen molar-refractivity contribution in [3.05, 3.63) is 0 Å². The summed E-state index contributed by atoms with van der Waals surface area (Å²) in [7, 11) is 0. The van der Waals surface area contributed by atoms with Gasteiger partial charge in [0.05, 0.1) is 0 Å². The molecule has 2 bridgehead atoms. The summed E-state index contributed by atoms with van der Waals surface area (Å²) in [5.74, 6) is 0.511. The monoisotopic (exact) mass is 193 g/mol. The van der Waals surface area contributed by atoms with E-state index in [0.29, 0.717) is 23.4 Å². The minimum atomic E-state index is 0.465. The lowest BCUT2D eigenvalue weighted by atomic mass is 9.75. The van der Waals surface area contributed by atoms with Crippen LogP contribution in [0.25, 0.3) is 0 Å². The van der Waals surface area contributed by atoms with Gasteiger partial charge in [-0.2, -0.15) is 0 Å². The third-order valence-electron chi connectivity index (χ3n) is 4.60. The topological polar surface area (TPSA) is 20.3 Å². The molecule has 0 N–H and O–H groups in total. The van der Waals surface area contributed by atoms with Gasteiger partial charge < -0.3 is 0 Å². The van der Waals surface area contributed by atoms with E-state index in [0.717, 1.165) is 12.8 Å². The van der Waals surface area contributed by atoms with Crippen LogP contribution in [0.4, 0.5) is 0 Å². The van der Waals surface area contributed by atoms with Gasteiger partial charge >= 0.3 is 0 Å². The first-order chi connectivity index (χ1) is 6.69. The fourth-order valence-electron chi connectivity index (χ4n) is 3.80. The van der Waals surface area contributed by atoms with Crippen LogP contribution < -0.4 is 0 Å². The van der Waals surface area contributed by atoms with Crippen LogP contribution in [-0.4, -0.2) is 28.3 Å². The number of carbonyl (C=O) groups excluding carboxylic acids is 1. The van der Waals surface area contributed by atoms with Crippen LogP contribution in [0.3, 0.4) is 0 Å². The van der Waals surface area contributed by atoms with Gasteiger partial charge in [0.15, 0.2) is 0 Å². The van der Waals surface area contributed by atoms with Crippen molar-refractivity contribution in [3.63, 3.8) is 0 Å². The standard InChI is InChI=1S/C12H19NO/c1-12(5-2-6-12)13-9-3-4-10(13)8-11(14)7-9/h9-10H,2-8H2,1H3. The Kier molecular flexibility index (Phi) is 1.79. The Morgan fingerprint density at radius 1 is 1.21 bits per heavy atom. The molecule has 14 heavy (non-hydrogen) atoms. The molecule has 0 aromatic heterocycles. The first-order valence-electron chi connectivity index (χ1n) is 5.99. The van der Waals surface area contributed by atoms with E-state index in [1.807, 2.05) is 0 Å². The van der Waals surface area contributed by atoms with Crippen molar-refractivity contribution in [1.82, 2.24) is 4.90 Å². The molecule has 3 aliphatic rings. The molecule has 2 saturated heterocycles. The molecule has 2 unspecified atom stereocenters. The summed E-state index contributed by atoms with van der Waals surface area (Å²) in [6.45, 7) is 2.40. The second-order valence-corrected chi connectivity index (χ2v) is 5.59. The Hall–Kier alpha value is -0.370. The molecule has 3 rings (SSSR count). The maximum atomic E-state index is 11.5. The van der Waals surface area contributed by atoms with Crippen LogP contribution in [0.2, 0.25) is 0 Å². The van der Waals surface area contributed by atoms with Crippen molar-refractivity contribution in [2.24, 2.45) is 0 Å². The van der Waals surface area contributed by atoms with E-state index in [4.69, 9.17) is 0 Å². The summed E-state index contributed by atoms with van der Waals surface area (Å²) in [6.07, 6.45) is 8.32. The predicted molar refractivity (Wildman–Crippen MR) is 55.1 cm³/mol. The Balaban J connectivity index is 1.84. The summed E-state index contributed by atoms with van der Waals surface area (Å²) < 4.78 is 0. The van der Waals surface area contributed by atoms with E-state index >= 15 is 0 Å². The van der Waals surface area contributed by atoms with Gasteiger partial charge in [0.25, 0.3) is 0 Å². The number of hydrogen-bond donors (Lipinski definition) is 0. The summed E-state index contributed by atoms with van der Waals surface area (Å²) in [6, 6.07) is 1.21. The molecule has 2 atom stereocenters. The second-order valence-electron chi connectivity index (χ2n) is 5.59. The average Bonchev–Trinajstić information content (AvgIpc) is 2.35. The molecule has 0 aromatic rings. The summed E-state index contributed by atoms with van der Waals surface area (Å²) >= 11 is 0. The molecule has 0 radical (unpaired) electrons. The molecular weight excluding hydrogens is 174 g/mol. The zero-order chi connectivity index (χ0) is 9.76. The fraction of sp³-hybridized carbons (Fsp3) is 0.917. The highest BCUT2D eigenvalue weighted by Crippen LogP contribution is 2.47. The highest BCUT2D eigenvalue weighted by atomic mass is 16.1. The summed E-state index contributed by atoms with van der Waals surface area (Å²) in [5, 5.41) is 0. The normalized spacial score (nSPS) is 41.1. The van der Waals surface area contributed by atoms with Gasteiger partial charge in [-0.05, 0) is 39.0 Å². The van der Waals surface area contributed by atoms with Gasteiger partial charge in [-0.15, -0.1) is 0 Å². The van der Waals surface area contributed by atoms with Gasteiger partial charge in [-0.25, -0.2) is 0 Å². The van der Waals surface area contributed by atoms with E-state index in [-0.39, 0.29) is 0 Å². The predicted octanol–water partition coefficient (Wildman–Crippen LogP) is 2.12.